The van der Waals surface area contributed by atoms with E-state index in [0.29, 0.717) is 57.4 Å². The van der Waals surface area contributed by atoms with Gasteiger partial charge < -0.3 is 24.8 Å². The van der Waals surface area contributed by atoms with Crippen LogP contribution in [0, 0.1) is 0 Å². The third-order valence-corrected chi connectivity index (χ3v) is 8.46. The van der Waals surface area contributed by atoms with Gasteiger partial charge in [0.15, 0.2) is 0 Å². The largest absolute Gasteiger partial charge is 0.494 e. The summed E-state index contributed by atoms with van der Waals surface area (Å²) in [7, 11) is 4.61. The summed E-state index contributed by atoms with van der Waals surface area (Å²) in [5.41, 5.74) is 4.71. The van der Waals surface area contributed by atoms with Crippen LogP contribution in [0.3, 0.4) is 0 Å². The van der Waals surface area contributed by atoms with Gasteiger partial charge in [-0.05, 0) is 24.5 Å². The number of hydrazine groups is 1. The lowest BCUT2D eigenvalue weighted by Gasteiger charge is -2.28. The Morgan fingerprint density at radius 1 is 1.16 bits per heavy atom. The average molecular weight is 627 g/mol. The molecule has 15 heteroatoms. The predicted octanol–water partition coefficient (Wildman–Crippen LogP) is 4.79. The SMILES string of the molecule is COC1=C(c2ccc(CN[C@H]3C[C@@H](O)[C@@H](N(C)c4nc(OC)nc5sc(CC(F)(F)F)cc45)C3)cc2)NN(C(F)F)C=C1. The van der Waals surface area contributed by atoms with Gasteiger partial charge in [-0.2, -0.15) is 31.9 Å². The molecule has 1 fully saturated rings. The van der Waals surface area contributed by atoms with Crippen molar-refractivity contribution < 1.29 is 36.5 Å². The Morgan fingerprint density at radius 2 is 1.91 bits per heavy atom. The molecule has 0 bridgehead atoms. The number of ether oxygens (including phenoxy) is 2. The van der Waals surface area contributed by atoms with Crippen molar-refractivity contribution in [1.29, 1.82) is 0 Å². The molecule has 1 aliphatic heterocycles. The second-order valence-electron chi connectivity index (χ2n) is 10.3. The number of likely N-dealkylation sites (N-methyl/N-ethyl adjacent to an activating group) is 1. The summed E-state index contributed by atoms with van der Waals surface area (Å²) in [4.78, 5) is 10.9. The van der Waals surface area contributed by atoms with Crippen LogP contribution in [0.1, 0.15) is 28.8 Å². The van der Waals surface area contributed by atoms with Crippen molar-refractivity contribution >= 4 is 33.1 Å². The monoisotopic (exact) mass is 626 g/mol. The summed E-state index contributed by atoms with van der Waals surface area (Å²) in [5, 5.41) is 15.6. The average Bonchev–Trinajstić information content (AvgIpc) is 3.55. The number of aromatic nitrogens is 2. The molecule has 0 saturated heterocycles. The number of methoxy groups -OCH3 is 2. The molecule has 43 heavy (non-hydrogen) atoms. The van der Waals surface area contributed by atoms with E-state index in [0.717, 1.165) is 16.9 Å². The summed E-state index contributed by atoms with van der Waals surface area (Å²) in [6, 6.07) is 8.47. The van der Waals surface area contributed by atoms with Gasteiger partial charge >= 0.3 is 18.7 Å². The third-order valence-electron chi connectivity index (χ3n) is 7.43. The first-order valence-electron chi connectivity index (χ1n) is 13.4. The van der Waals surface area contributed by atoms with Crippen LogP contribution in [0.4, 0.5) is 27.8 Å². The minimum absolute atomic E-state index is 0.0371. The Bertz CT molecular complexity index is 1500. The van der Waals surface area contributed by atoms with E-state index in [1.54, 1.807) is 11.9 Å². The molecule has 0 radical (unpaired) electrons. The Morgan fingerprint density at radius 3 is 2.56 bits per heavy atom. The molecule has 0 unspecified atom stereocenters. The van der Waals surface area contributed by atoms with Gasteiger partial charge in [-0.15, -0.1) is 11.3 Å². The molecule has 3 N–H and O–H groups in total. The predicted molar refractivity (Wildman–Crippen MR) is 152 cm³/mol. The number of halogens is 5. The second kappa shape index (κ2) is 12.5. The maximum absolute atomic E-state index is 13.2. The summed E-state index contributed by atoms with van der Waals surface area (Å²) in [5.74, 6) is 0.823. The van der Waals surface area contributed by atoms with Crippen molar-refractivity contribution in [1.82, 2.24) is 25.7 Å². The number of alkyl halides is 5. The molecular weight excluding hydrogens is 595 g/mol. The summed E-state index contributed by atoms with van der Waals surface area (Å²) in [6.07, 6.45) is -2.42. The van der Waals surface area contributed by atoms with E-state index in [2.05, 4.69) is 20.7 Å². The summed E-state index contributed by atoms with van der Waals surface area (Å²) in [6.45, 7) is -2.23. The highest BCUT2D eigenvalue weighted by molar-refractivity contribution is 7.18. The molecular formula is C28H31F5N6O3S. The fourth-order valence-corrected chi connectivity index (χ4v) is 6.36. The molecule has 2 aliphatic rings. The second-order valence-corrected chi connectivity index (χ2v) is 11.4. The van der Waals surface area contributed by atoms with Crippen molar-refractivity contribution in [2.24, 2.45) is 0 Å². The fourth-order valence-electron chi connectivity index (χ4n) is 5.31. The Kier molecular flexibility index (Phi) is 8.94. The number of allylic oxidation sites excluding steroid dienone is 1. The maximum atomic E-state index is 13.2. The molecule has 1 aromatic carbocycles. The van der Waals surface area contributed by atoms with Crippen LogP contribution in [0.25, 0.3) is 15.9 Å². The van der Waals surface area contributed by atoms with Gasteiger partial charge in [-0.3, -0.25) is 5.43 Å². The lowest BCUT2D eigenvalue weighted by Crippen LogP contribution is -2.38. The van der Waals surface area contributed by atoms with E-state index in [1.165, 1.54) is 32.6 Å². The number of benzene rings is 1. The first-order chi connectivity index (χ1) is 20.5. The molecule has 3 heterocycles. The number of anilines is 1. The molecule has 0 spiro atoms. The normalized spacial score (nSPS) is 20.7. The van der Waals surface area contributed by atoms with Crippen LogP contribution in [-0.2, 0) is 17.7 Å². The quantitative estimate of drug-likeness (QED) is 0.217. The lowest BCUT2D eigenvalue weighted by molar-refractivity contribution is -0.126. The molecule has 3 atom stereocenters. The van der Waals surface area contributed by atoms with E-state index >= 15 is 0 Å². The van der Waals surface area contributed by atoms with Crippen molar-refractivity contribution in [3.63, 3.8) is 0 Å². The number of fused-ring (bicyclic) bond motifs is 1. The molecule has 1 saturated carbocycles. The van der Waals surface area contributed by atoms with E-state index in [4.69, 9.17) is 9.47 Å². The van der Waals surface area contributed by atoms with E-state index in [1.807, 2.05) is 24.3 Å². The number of aliphatic hydroxyl groups excluding tert-OH is 1. The van der Waals surface area contributed by atoms with Gasteiger partial charge in [0.25, 0.3) is 0 Å². The standard InChI is InChI=1S/C28H31F5N6O3S/c1-38(24-19-12-18(13-28(31,32)33)43-25(19)36-27(35-24)42-3)20-10-17(11-21(20)40)34-14-15-4-6-16(7-5-15)23-22(41-2)8-9-39(37-23)26(29)30/h4-9,12,17,20-21,26,34,37,40H,10-11,13-14H2,1-3H3/t17-,20+,21-/m1/s1. The number of aliphatic hydroxyl groups is 1. The smallest absolute Gasteiger partial charge is 0.393 e. The van der Waals surface area contributed by atoms with Crippen molar-refractivity contribution in [3.05, 3.63) is 64.4 Å². The zero-order chi connectivity index (χ0) is 30.9. The molecule has 232 valence electrons. The Hall–Kier alpha value is -3.69. The number of hydrogen-bond acceptors (Lipinski definition) is 10. The highest BCUT2D eigenvalue weighted by atomic mass is 32.1. The van der Waals surface area contributed by atoms with Crippen LogP contribution in [-0.4, -0.2) is 72.3 Å². The first-order valence-corrected chi connectivity index (χ1v) is 14.2. The Labute approximate surface area is 248 Å². The minimum atomic E-state index is -4.35. The number of rotatable bonds is 10. The van der Waals surface area contributed by atoms with Gasteiger partial charge in [-0.1, -0.05) is 24.3 Å². The number of hydrogen-bond donors (Lipinski definition) is 3. The Balaban J connectivity index is 1.25. The highest BCUT2D eigenvalue weighted by Crippen LogP contribution is 2.37. The van der Waals surface area contributed by atoms with Crippen LogP contribution >= 0.6 is 11.3 Å². The topological polar surface area (TPSA) is 95.0 Å². The molecule has 3 aromatic rings. The molecule has 9 nitrogen and oxygen atoms in total. The van der Waals surface area contributed by atoms with Crippen molar-refractivity contribution in [2.75, 3.05) is 26.2 Å². The number of nitrogens with one attached hydrogen (secondary N) is 2. The van der Waals surface area contributed by atoms with Gasteiger partial charge in [-0.25, -0.2) is 5.01 Å². The van der Waals surface area contributed by atoms with Gasteiger partial charge in [0.1, 0.15) is 22.1 Å². The zero-order valence-corrected chi connectivity index (χ0v) is 24.3. The summed E-state index contributed by atoms with van der Waals surface area (Å²) >= 11 is 0.942. The van der Waals surface area contributed by atoms with Gasteiger partial charge in [0.05, 0.1) is 38.2 Å². The molecule has 2 aromatic heterocycles. The summed E-state index contributed by atoms with van der Waals surface area (Å²) < 4.78 is 76.0. The fraction of sp³-hybridized carbons (Fsp3) is 0.429. The number of nitrogens with zero attached hydrogens (tertiary/aromatic N) is 4. The molecule has 0 amide bonds. The van der Waals surface area contributed by atoms with Crippen molar-refractivity contribution in [2.45, 2.75) is 56.7 Å². The van der Waals surface area contributed by atoms with Crippen LogP contribution in [0.2, 0.25) is 0 Å². The highest BCUT2D eigenvalue weighted by Gasteiger charge is 2.37. The molecule has 5 rings (SSSR count). The first kappa shape index (κ1) is 30.8. The van der Waals surface area contributed by atoms with Crippen LogP contribution < -0.4 is 20.4 Å². The van der Waals surface area contributed by atoms with Crippen LogP contribution in [0.5, 0.6) is 6.01 Å². The van der Waals surface area contributed by atoms with E-state index in [-0.39, 0.29) is 23.0 Å². The van der Waals surface area contributed by atoms with Crippen LogP contribution in [0.15, 0.2) is 48.4 Å². The van der Waals surface area contributed by atoms with Crippen molar-refractivity contribution in [3.8, 4) is 6.01 Å². The third kappa shape index (κ3) is 6.94. The van der Waals surface area contributed by atoms with Gasteiger partial charge in [0.2, 0.25) is 0 Å². The lowest BCUT2D eigenvalue weighted by atomic mass is 10.1. The van der Waals surface area contributed by atoms with E-state index < -0.39 is 25.3 Å². The van der Waals surface area contributed by atoms with Gasteiger partial charge in [0, 0.05) is 42.4 Å². The zero-order valence-electron chi connectivity index (χ0n) is 23.5. The maximum Gasteiger partial charge on any atom is 0.393 e. The number of thiophene rings is 1. The molecule has 1 aliphatic carbocycles. The van der Waals surface area contributed by atoms with E-state index in [9.17, 15) is 27.1 Å². The minimum Gasteiger partial charge on any atom is -0.494 e.